The molecule has 0 radical (unpaired) electrons. The number of rotatable bonds is 9. The molecule has 0 unspecified atom stereocenters. The summed E-state index contributed by atoms with van der Waals surface area (Å²) in [7, 11) is 1.71. The summed E-state index contributed by atoms with van der Waals surface area (Å²) < 4.78 is 10.8. The van der Waals surface area contributed by atoms with E-state index in [1.54, 1.807) is 7.11 Å². The van der Waals surface area contributed by atoms with Gasteiger partial charge in [-0.3, -0.25) is 0 Å². The van der Waals surface area contributed by atoms with Crippen molar-refractivity contribution in [1.29, 1.82) is 0 Å². The summed E-state index contributed by atoms with van der Waals surface area (Å²) in [5, 5.41) is 3.34. The van der Waals surface area contributed by atoms with Crippen LogP contribution in [-0.2, 0) is 11.3 Å². The molecule has 0 bridgehead atoms. The van der Waals surface area contributed by atoms with Crippen molar-refractivity contribution in [3.05, 3.63) is 29.8 Å². The maximum Gasteiger partial charge on any atom is 0.123 e. The van der Waals surface area contributed by atoms with Gasteiger partial charge in [0.25, 0.3) is 0 Å². The molecule has 0 aliphatic carbocycles. The standard InChI is InChI=1S/C15H25NO2/c1-13(2)8-10-18-15-7-5-4-6-14(15)12-16-9-11-17-3/h4-7,13,16H,8-12H2,1-3H3. The highest BCUT2D eigenvalue weighted by Gasteiger charge is 2.03. The van der Waals surface area contributed by atoms with Crippen molar-refractivity contribution in [2.45, 2.75) is 26.8 Å². The highest BCUT2D eigenvalue weighted by atomic mass is 16.5. The van der Waals surface area contributed by atoms with Gasteiger partial charge < -0.3 is 14.8 Å². The van der Waals surface area contributed by atoms with Gasteiger partial charge in [-0.1, -0.05) is 32.0 Å². The Morgan fingerprint density at radius 2 is 1.94 bits per heavy atom. The number of hydrogen-bond acceptors (Lipinski definition) is 3. The summed E-state index contributed by atoms with van der Waals surface area (Å²) in [6, 6.07) is 8.20. The predicted molar refractivity (Wildman–Crippen MR) is 75.0 cm³/mol. The molecule has 1 N–H and O–H groups in total. The Balaban J connectivity index is 2.40. The normalized spacial score (nSPS) is 10.9. The van der Waals surface area contributed by atoms with Crippen LogP contribution < -0.4 is 10.1 Å². The van der Waals surface area contributed by atoms with Gasteiger partial charge in [-0.05, 0) is 18.4 Å². The minimum absolute atomic E-state index is 0.678. The van der Waals surface area contributed by atoms with Crippen LogP contribution in [0, 0.1) is 5.92 Å². The average molecular weight is 251 g/mol. The maximum absolute atomic E-state index is 5.83. The molecular formula is C15H25NO2. The summed E-state index contributed by atoms with van der Waals surface area (Å²) in [4.78, 5) is 0. The van der Waals surface area contributed by atoms with Crippen LogP contribution in [0.5, 0.6) is 5.75 Å². The van der Waals surface area contributed by atoms with Crippen LogP contribution in [0.15, 0.2) is 24.3 Å². The smallest absolute Gasteiger partial charge is 0.123 e. The third kappa shape index (κ3) is 6.03. The molecule has 0 amide bonds. The van der Waals surface area contributed by atoms with Crippen LogP contribution in [-0.4, -0.2) is 26.9 Å². The monoisotopic (exact) mass is 251 g/mol. The second-order valence-electron chi connectivity index (χ2n) is 4.81. The van der Waals surface area contributed by atoms with Crippen molar-refractivity contribution in [1.82, 2.24) is 5.32 Å². The van der Waals surface area contributed by atoms with Crippen LogP contribution >= 0.6 is 0 Å². The molecule has 18 heavy (non-hydrogen) atoms. The third-order valence-electron chi connectivity index (χ3n) is 2.72. The second kappa shape index (κ2) is 8.95. The van der Waals surface area contributed by atoms with Gasteiger partial charge in [0.05, 0.1) is 13.2 Å². The van der Waals surface area contributed by atoms with E-state index in [1.165, 1.54) is 5.56 Å². The number of benzene rings is 1. The molecule has 0 aromatic heterocycles. The lowest BCUT2D eigenvalue weighted by molar-refractivity contribution is 0.199. The quantitative estimate of drug-likeness (QED) is 0.685. The zero-order valence-electron chi connectivity index (χ0n) is 11.7. The Hall–Kier alpha value is -1.06. The van der Waals surface area contributed by atoms with Gasteiger partial charge in [0.1, 0.15) is 5.75 Å². The molecule has 3 nitrogen and oxygen atoms in total. The Morgan fingerprint density at radius 1 is 1.17 bits per heavy atom. The molecule has 1 rings (SSSR count). The summed E-state index contributed by atoms with van der Waals surface area (Å²) >= 11 is 0. The minimum atomic E-state index is 0.678. The van der Waals surface area contributed by atoms with Crippen molar-refractivity contribution in [2.75, 3.05) is 26.9 Å². The first-order valence-corrected chi connectivity index (χ1v) is 6.64. The molecular weight excluding hydrogens is 226 g/mol. The lowest BCUT2D eigenvalue weighted by Gasteiger charge is -2.13. The molecule has 0 heterocycles. The molecule has 3 heteroatoms. The lowest BCUT2D eigenvalue weighted by atomic mass is 10.1. The van der Waals surface area contributed by atoms with E-state index in [4.69, 9.17) is 9.47 Å². The zero-order chi connectivity index (χ0) is 13.2. The van der Waals surface area contributed by atoms with Crippen molar-refractivity contribution >= 4 is 0 Å². The molecule has 0 atom stereocenters. The molecule has 0 saturated heterocycles. The zero-order valence-corrected chi connectivity index (χ0v) is 11.7. The summed E-state index contributed by atoms with van der Waals surface area (Å²) in [5.74, 6) is 1.67. The van der Waals surface area contributed by atoms with Gasteiger partial charge in [0.2, 0.25) is 0 Å². The van der Waals surface area contributed by atoms with Gasteiger partial charge in [-0.25, -0.2) is 0 Å². The van der Waals surface area contributed by atoms with Crippen molar-refractivity contribution < 1.29 is 9.47 Å². The Kier molecular flexibility index (Phi) is 7.46. The number of ether oxygens (including phenoxy) is 2. The van der Waals surface area contributed by atoms with Gasteiger partial charge in [0.15, 0.2) is 0 Å². The van der Waals surface area contributed by atoms with Gasteiger partial charge in [-0.15, -0.1) is 0 Å². The Labute approximate surface area is 110 Å². The largest absolute Gasteiger partial charge is 0.493 e. The van der Waals surface area contributed by atoms with E-state index in [2.05, 4.69) is 25.2 Å². The fourth-order valence-corrected chi connectivity index (χ4v) is 1.59. The molecule has 0 fully saturated rings. The van der Waals surface area contributed by atoms with Gasteiger partial charge in [-0.2, -0.15) is 0 Å². The molecule has 0 aliphatic rings. The first kappa shape index (κ1) is 15.0. The van der Waals surface area contributed by atoms with Crippen LogP contribution in [0.25, 0.3) is 0 Å². The number of hydrogen-bond donors (Lipinski definition) is 1. The first-order valence-electron chi connectivity index (χ1n) is 6.64. The van der Waals surface area contributed by atoms with E-state index in [-0.39, 0.29) is 0 Å². The van der Waals surface area contributed by atoms with E-state index < -0.39 is 0 Å². The summed E-state index contributed by atoms with van der Waals surface area (Å²) in [5.41, 5.74) is 1.21. The fourth-order valence-electron chi connectivity index (χ4n) is 1.59. The highest BCUT2D eigenvalue weighted by molar-refractivity contribution is 5.33. The highest BCUT2D eigenvalue weighted by Crippen LogP contribution is 2.18. The van der Waals surface area contributed by atoms with Crippen molar-refractivity contribution in [2.24, 2.45) is 5.92 Å². The molecule has 1 aromatic rings. The number of para-hydroxylation sites is 1. The third-order valence-corrected chi connectivity index (χ3v) is 2.72. The van der Waals surface area contributed by atoms with Crippen LogP contribution in [0.1, 0.15) is 25.8 Å². The molecule has 1 aromatic carbocycles. The molecule has 0 saturated carbocycles. The summed E-state index contributed by atoms with van der Waals surface area (Å²) in [6.07, 6.45) is 1.09. The van der Waals surface area contributed by atoms with Crippen molar-refractivity contribution in [3.8, 4) is 5.75 Å². The number of methoxy groups -OCH3 is 1. The molecule has 0 aliphatic heterocycles. The second-order valence-corrected chi connectivity index (χ2v) is 4.81. The number of nitrogens with one attached hydrogen (secondary N) is 1. The van der Waals surface area contributed by atoms with Crippen LogP contribution in [0.4, 0.5) is 0 Å². The fraction of sp³-hybridized carbons (Fsp3) is 0.600. The summed E-state index contributed by atoms with van der Waals surface area (Å²) in [6.45, 7) is 7.62. The van der Waals surface area contributed by atoms with E-state index in [1.807, 2.05) is 18.2 Å². The van der Waals surface area contributed by atoms with E-state index in [9.17, 15) is 0 Å². The average Bonchev–Trinajstić information content (AvgIpc) is 2.36. The molecule has 102 valence electrons. The van der Waals surface area contributed by atoms with Gasteiger partial charge >= 0.3 is 0 Å². The van der Waals surface area contributed by atoms with E-state index >= 15 is 0 Å². The van der Waals surface area contributed by atoms with Gasteiger partial charge in [0, 0.05) is 25.8 Å². The Morgan fingerprint density at radius 3 is 2.67 bits per heavy atom. The predicted octanol–water partition coefficient (Wildman–Crippen LogP) is 2.85. The van der Waals surface area contributed by atoms with E-state index in [0.29, 0.717) is 5.92 Å². The lowest BCUT2D eigenvalue weighted by Crippen LogP contribution is -2.19. The van der Waals surface area contributed by atoms with Crippen LogP contribution in [0.3, 0.4) is 0 Å². The maximum atomic E-state index is 5.83. The first-order chi connectivity index (χ1) is 8.74. The van der Waals surface area contributed by atoms with Crippen LogP contribution in [0.2, 0.25) is 0 Å². The Bertz CT molecular complexity index is 326. The molecule has 0 spiro atoms. The topological polar surface area (TPSA) is 30.5 Å². The minimum Gasteiger partial charge on any atom is -0.493 e. The SMILES string of the molecule is COCCNCc1ccccc1OCCC(C)C. The van der Waals surface area contributed by atoms with Crippen molar-refractivity contribution in [3.63, 3.8) is 0 Å². The van der Waals surface area contributed by atoms with E-state index in [0.717, 1.165) is 38.5 Å².